The van der Waals surface area contributed by atoms with Crippen LogP contribution >= 0.6 is 0 Å². The average Bonchev–Trinajstić information content (AvgIpc) is 2.84. The van der Waals surface area contributed by atoms with Gasteiger partial charge in [-0.3, -0.25) is 4.68 Å². The number of aliphatic hydroxyl groups is 1. The summed E-state index contributed by atoms with van der Waals surface area (Å²) in [6.07, 6.45) is -3.34. The molecule has 0 amide bonds. The molecule has 7 heteroatoms. The summed E-state index contributed by atoms with van der Waals surface area (Å²) in [5, 5.41) is 12.0. The van der Waals surface area contributed by atoms with Gasteiger partial charge >= 0.3 is 6.18 Å². The molecule has 110 valence electrons. The maximum absolute atomic E-state index is 13.4. The highest BCUT2D eigenvalue weighted by atomic mass is 19.4. The highest BCUT2D eigenvalue weighted by molar-refractivity contribution is 5.37. The van der Waals surface area contributed by atoms with Crippen molar-refractivity contribution in [1.82, 2.24) is 9.78 Å². The van der Waals surface area contributed by atoms with Crippen molar-refractivity contribution in [2.24, 2.45) is 0 Å². The molecule has 0 aliphatic heterocycles. The predicted molar refractivity (Wildman–Crippen MR) is 66.7 cm³/mol. The van der Waals surface area contributed by atoms with Crippen LogP contribution in [-0.2, 0) is 12.7 Å². The zero-order chi connectivity index (χ0) is 15.5. The second-order valence-corrected chi connectivity index (χ2v) is 4.20. The third kappa shape index (κ3) is 4.07. The molecule has 0 spiro atoms. The number of benzene rings is 1. The second-order valence-electron chi connectivity index (χ2n) is 4.20. The molecule has 1 heterocycles. The number of aliphatic hydroxyl groups excluding tert-OH is 1. The van der Waals surface area contributed by atoms with Crippen LogP contribution in [-0.4, -0.2) is 21.5 Å². The van der Waals surface area contributed by atoms with Crippen molar-refractivity contribution in [3.63, 3.8) is 0 Å². The number of nitrogens with zero attached hydrogens (tertiary/aromatic N) is 2. The fourth-order valence-electron chi connectivity index (χ4n) is 1.74. The molecule has 2 rings (SSSR count). The quantitative estimate of drug-likeness (QED) is 0.683. The third-order valence-corrected chi connectivity index (χ3v) is 2.55. The molecule has 1 aromatic heterocycles. The standard InChI is InChI=1S/C14H10F4N2O/c15-12-7-10(2-1-5-21)6-11(8-12)9-20-4-3-13(19-20)14(16,17)18/h3-4,6-8,21H,5,9H2. The molecule has 21 heavy (non-hydrogen) atoms. The first kappa shape index (κ1) is 15.1. The van der Waals surface area contributed by atoms with Crippen LogP contribution in [0.3, 0.4) is 0 Å². The molecule has 1 N–H and O–H groups in total. The third-order valence-electron chi connectivity index (χ3n) is 2.55. The summed E-state index contributed by atoms with van der Waals surface area (Å²) in [4.78, 5) is 0. The van der Waals surface area contributed by atoms with E-state index in [4.69, 9.17) is 5.11 Å². The molecule has 0 fully saturated rings. The molecule has 0 saturated carbocycles. The van der Waals surface area contributed by atoms with E-state index in [1.807, 2.05) is 0 Å². The van der Waals surface area contributed by atoms with Crippen molar-refractivity contribution < 1.29 is 22.7 Å². The summed E-state index contributed by atoms with van der Waals surface area (Å²) >= 11 is 0. The van der Waals surface area contributed by atoms with Gasteiger partial charge in [-0.15, -0.1) is 0 Å². The predicted octanol–water partition coefficient (Wildman–Crippen LogP) is 2.43. The van der Waals surface area contributed by atoms with Crippen molar-refractivity contribution in [2.45, 2.75) is 12.7 Å². The van der Waals surface area contributed by atoms with Crippen LogP contribution in [0.4, 0.5) is 17.6 Å². The summed E-state index contributed by atoms with van der Waals surface area (Å²) in [6, 6.07) is 4.75. The van der Waals surface area contributed by atoms with E-state index in [-0.39, 0.29) is 13.2 Å². The first-order valence-electron chi connectivity index (χ1n) is 5.88. The van der Waals surface area contributed by atoms with Gasteiger partial charge in [-0.05, 0) is 29.8 Å². The molecule has 0 radical (unpaired) electrons. The Morgan fingerprint density at radius 3 is 2.62 bits per heavy atom. The summed E-state index contributed by atoms with van der Waals surface area (Å²) < 4.78 is 51.8. The van der Waals surface area contributed by atoms with Gasteiger partial charge in [0.05, 0.1) is 6.54 Å². The van der Waals surface area contributed by atoms with Crippen LogP contribution in [0.5, 0.6) is 0 Å². The molecule has 0 saturated heterocycles. The Labute approximate surface area is 117 Å². The summed E-state index contributed by atoms with van der Waals surface area (Å²) in [5.74, 6) is 4.36. The molecule has 0 aliphatic carbocycles. The van der Waals surface area contributed by atoms with E-state index in [2.05, 4.69) is 16.9 Å². The van der Waals surface area contributed by atoms with E-state index in [1.54, 1.807) is 0 Å². The fraction of sp³-hybridized carbons (Fsp3) is 0.214. The number of hydrogen-bond acceptors (Lipinski definition) is 2. The normalized spacial score (nSPS) is 11.1. The van der Waals surface area contributed by atoms with Gasteiger partial charge in [0.1, 0.15) is 12.4 Å². The average molecular weight is 298 g/mol. The first-order chi connectivity index (χ1) is 9.88. The lowest BCUT2D eigenvalue weighted by molar-refractivity contribution is -0.141. The maximum Gasteiger partial charge on any atom is 0.435 e. The van der Waals surface area contributed by atoms with Gasteiger partial charge in [-0.25, -0.2) is 4.39 Å². The SMILES string of the molecule is OCC#Cc1cc(F)cc(Cn2ccc(C(F)(F)F)n2)c1. The second kappa shape index (κ2) is 5.97. The zero-order valence-electron chi connectivity index (χ0n) is 10.7. The van der Waals surface area contributed by atoms with Crippen LogP contribution in [0.1, 0.15) is 16.8 Å². The van der Waals surface area contributed by atoms with E-state index < -0.39 is 17.7 Å². The van der Waals surface area contributed by atoms with Crippen molar-refractivity contribution in [1.29, 1.82) is 0 Å². The molecule has 2 aromatic rings. The van der Waals surface area contributed by atoms with Crippen molar-refractivity contribution >= 4 is 0 Å². The van der Waals surface area contributed by atoms with E-state index >= 15 is 0 Å². The molecule has 1 aromatic carbocycles. The van der Waals surface area contributed by atoms with Crippen molar-refractivity contribution in [2.75, 3.05) is 6.61 Å². The van der Waals surface area contributed by atoms with Crippen molar-refractivity contribution in [3.8, 4) is 11.8 Å². The summed E-state index contributed by atoms with van der Waals surface area (Å²) in [6.45, 7) is -0.373. The largest absolute Gasteiger partial charge is 0.435 e. The van der Waals surface area contributed by atoms with Gasteiger partial charge in [-0.2, -0.15) is 18.3 Å². The maximum atomic E-state index is 13.4. The van der Waals surface area contributed by atoms with Gasteiger partial charge < -0.3 is 5.11 Å². The minimum Gasteiger partial charge on any atom is -0.384 e. The Hall–Kier alpha value is -2.33. The molecule has 0 aliphatic rings. The zero-order valence-corrected chi connectivity index (χ0v) is 10.7. The number of halogens is 4. The minimum atomic E-state index is -4.51. The molecule has 0 atom stereocenters. The van der Waals surface area contributed by atoms with Gasteiger partial charge in [0.2, 0.25) is 0 Å². The monoisotopic (exact) mass is 298 g/mol. The topological polar surface area (TPSA) is 38.0 Å². The Morgan fingerprint density at radius 2 is 2.00 bits per heavy atom. The summed E-state index contributed by atoms with van der Waals surface area (Å²) in [7, 11) is 0. The highest BCUT2D eigenvalue weighted by Crippen LogP contribution is 2.27. The van der Waals surface area contributed by atoms with Gasteiger partial charge in [0.25, 0.3) is 0 Å². The van der Waals surface area contributed by atoms with E-state index in [1.165, 1.54) is 24.4 Å². The molecule has 0 unspecified atom stereocenters. The first-order valence-corrected chi connectivity index (χ1v) is 5.88. The number of alkyl halides is 3. The lowest BCUT2D eigenvalue weighted by Crippen LogP contribution is -2.08. The Balaban J connectivity index is 2.23. The van der Waals surface area contributed by atoms with Crippen LogP contribution in [0.25, 0.3) is 0 Å². The molecular weight excluding hydrogens is 288 g/mol. The van der Waals surface area contributed by atoms with Gasteiger partial charge in [0.15, 0.2) is 5.69 Å². The van der Waals surface area contributed by atoms with Crippen LogP contribution in [0.15, 0.2) is 30.5 Å². The lowest BCUT2D eigenvalue weighted by atomic mass is 10.1. The van der Waals surface area contributed by atoms with Gasteiger partial charge in [0, 0.05) is 11.8 Å². The van der Waals surface area contributed by atoms with E-state index in [0.29, 0.717) is 11.1 Å². The Kier molecular flexibility index (Phi) is 4.29. The van der Waals surface area contributed by atoms with Crippen LogP contribution in [0.2, 0.25) is 0 Å². The van der Waals surface area contributed by atoms with E-state index in [9.17, 15) is 17.6 Å². The smallest absolute Gasteiger partial charge is 0.384 e. The number of hydrogen-bond donors (Lipinski definition) is 1. The minimum absolute atomic E-state index is 0.0123. The van der Waals surface area contributed by atoms with Crippen LogP contribution in [0, 0.1) is 17.7 Å². The fourth-order valence-corrected chi connectivity index (χ4v) is 1.74. The highest BCUT2D eigenvalue weighted by Gasteiger charge is 2.33. The Morgan fingerprint density at radius 1 is 1.24 bits per heavy atom. The van der Waals surface area contributed by atoms with E-state index in [0.717, 1.165) is 10.7 Å². The van der Waals surface area contributed by atoms with Crippen LogP contribution < -0.4 is 0 Å². The van der Waals surface area contributed by atoms with Gasteiger partial charge in [-0.1, -0.05) is 11.8 Å². The molecule has 0 bridgehead atoms. The number of rotatable bonds is 2. The summed E-state index contributed by atoms with van der Waals surface area (Å²) in [5.41, 5.74) is -0.240. The molecular formula is C14H10F4N2O. The lowest BCUT2D eigenvalue weighted by Gasteiger charge is -2.04. The van der Waals surface area contributed by atoms with Crippen molar-refractivity contribution in [3.05, 3.63) is 53.1 Å². The number of aromatic nitrogens is 2. The molecule has 3 nitrogen and oxygen atoms in total. The Bertz CT molecular complexity index is 695.